The van der Waals surface area contributed by atoms with Crippen LogP contribution in [0.15, 0.2) is 54.0 Å². The molecule has 0 radical (unpaired) electrons. The number of thiazole rings is 1. The summed E-state index contributed by atoms with van der Waals surface area (Å²) < 4.78 is 1.26. The molecule has 1 unspecified atom stereocenters. The van der Waals surface area contributed by atoms with Crippen molar-refractivity contribution in [3.8, 4) is 0 Å². The van der Waals surface area contributed by atoms with Crippen molar-refractivity contribution in [2.45, 2.75) is 18.9 Å². The van der Waals surface area contributed by atoms with E-state index < -0.39 is 6.10 Å². The first kappa shape index (κ1) is 17.4. The van der Waals surface area contributed by atoms with Gasteiger partial charge in [0, 0.05) is 11.6 Å². The van der Waals surface area contributed by atoms with Crippen molar-refractivity contribution in [2.24, 2.45) is 5.92 Å². The van der Waals surface area contributed by atoms with Gasteiger partial charge in [-0.05, 0) is 55.1 Å². The van der Waals surface area contributed by atoms with Crippen LogP contribution in [0.3, 0.4) is 0 Å². The molecule has 1 atom stereocenters. The standard InChI is InChI=1S/C12H16ClNO.C7H5NS/c13-11-3-1-2-10(6-11)12(15)8-14-7-9-4-5-9;1-2-4-7-6(3-1)8-5-9-7/h1-3,6,9,12,14-15H,4-5,7-8H2;1-5H. The number of aromatic nitrogens is 1. The van der Waals surface area contributed by atoms with Crippen LogP contribution in [0.4, 0.5) is 0 Å². The molecule has 5 heteroatoms. The van der Waals surface area contributed by atoms with Crippen LogP contribution in [0.5, 0.6) is 0 Å². The highest BCUT2D eigenvalue weighted by Gasteiger charge is 2.20. The third kappa shape index (κ3) is 5.28. The highest BCUT2D eigenvalue weighted by Crippen LogP contribution is 2.27. The van der Waals surface area contributed by atoms with E-state index in [1.165, 1.54) is 17.5 Å². The summed E-state index contributed by atoms with van der Waals surface area (Å²) >= 11 is 7.53. The second-order valence-corrected chi connectivity index (χ2v) is 7.32. The minimum atomic E-state index is -0.456. The Morgan fingerprint density at radius 3 is 2.79 bits per heavy atom. The van der Waals surface area contributed by atoms with Crippen LogP contribution in [0.25, 0.3) is 10.2 Å². The number of aliphatic hydroxyl groups excluding tert-OH is 1. The number of nitrogens with one attached hydrogen (secondary N) is 1. The Labute approximate surface area is 151 Å². The van der Waals surface area contributed by atoms with Crippen molar-refractivity contribution in [3.05, 3.63) is 64.6 Å². The Kier molecular flexibility index (Phi) is 6.21. The predicted octanol–water partition coefficient (Wildman–Crippen LogP) is 4.67. The molecule has 1 fully saturated rings. The van der Waals surface area contributed by atoms with Crippen molar-refractivity contribution < 1.29 is 5.11 Å². The molecule has 126 valence electrons. The van der Waals surface area contributed by atoms with Crippen LogP contribution >= 0.6 is 22.9 Å². The second kappa shape index (κ2) is 8.58. The molecule has 1 aromatic heterocycles. The Morgan fingerprint density at radius 1 is 1.21 bits per heavy atom. The first-order valence-corrected chi connectivity index (χ1v) is 9.40. The number of hydrogen-bond acceptors (Lipinski definition) is 4. The van der Waals surface area contributed by atoms with Gasteiger partial charge in [-0.2, -0.15) is 0 Å². The fourth-order valence-electron chi connectivity index (χ4n) is 2.38. The van der Waals surface area contributed by atoms with Crippen molar-refractivity contribution in [3.63, 3.8) is 0 Å². The molecule has 4 rings (SSSR count). The lowest BCUT2D eigenvalue weighted by atomic mass is 10.1. The monoisotopic (exact) mass is 360 g/mol. The van der Waals surface area contributed by atoms with E-state index in [2.05, 4.69) is 16.4 Å². The summed E-state index contributed by atoms with van der Waals surface area (Å²) in [6, 6.07) is 15.5. The van der Waals surface area contributed by atoms with Gasteiger partial charge in [0.2, 0.25) is 0 Å². The van der Waals surface area contributed by atoms with Crippen LogP contribution in [0.1, 0.15) is 24.5 Å². The molecule has 0 amide bonds. The Balaban J connectivity index is 0.000000159. The maximum Gasteiger partial charge on any atom is 0.0914 e. The lowest BCUT2D eigenvalue weighted by Crippen LogP contribution is -2.23. The molecular weight excluding hydrogens is 340 g/mol. The highest BCUT2D eigenvalue weighted by molar-refractivity contribution is 7.16. The third-order valence-electron chi connectivity index (χ3n) is 3.94. The van der Waals surface area contributed by atoms with Crippen molar-refractivity contribution >= 4 is 33.2 Å². The number of nitrogens with zero attached hydrogens (tertiary/aromatic N) is 1. The first-order chi connectivity index (χ1) is 11.7. The molecule has 1 aliphatic carbocycles. The molecule has 1 saturated carbocycles. The number of aliphatic hydroxyl groups is 1. The predicted molar refractivity (Wildman–Crippen MR) is 102 cm³/mol. The van der Waals surface area contributed by atoms with E-state index in [0.29, 0.717) is 11.6 Å². The lowest BCUT2D eigenvalue weighted by molar-refractivity contribution is 0.174. The van der Waals surface area contributed by atoms with E-state index >= 15 is 0 Å². The number of halogens is 1. The lowest BCUT2D eigenvalue weighted by Gasteiger charge is -2.12. The number of fused-ring (bicyclic) bond motifs is 1. The molecule has 2 N–H and O–H groups in total. The average Bonchev–Trinajstić information content (AvgIpc) is 3.29. The topological polar surface area (TPSA) is 45.1 Å². The maximum atomic E-state index is 9.86. The summed E-state index contributed by atoms with van der Waals surface area (Å²) in [4.78, 5) is 4.14. The number of benzene rings is 2. The number of rotatable bonds is 5. The highest BCUT2D eigenvalue weighted by atomic mass is 35.5. The largest absolute Gasteiger partial charge is 0.387 e. The SMILES string of the molecule is OC(CNCC1CC1)c1cccc(Cl)c1.c1ccc2scnc2c1. The maximum absolute atomic E-state index is 9.86. The first-order valence-electron chi connectivity index (χ1n) is 8.15. The molecule has 0 aliphatic heterocycles. The summed E-state index contributed by atoms with van der Waals surface area (Å²) in [6.07, 6.45) is 2.21. The van der Waals surface area contributed by atoms with Gasteiger partial charge < -0.3 is 10.4 Å². The van der Waals surface area contributed by atoms with Gasteiger partial charge in [0.05, 0.1) is 21.8 Å². The van der Waals surface area contributed by atoms with Gasteiger partial charge in [-0.25, -0.2) is 4.98 Å². The zero-order valence-corrected chi connectivity index (χ0v) is 14.9. The molecule has 1 heterocycles. The Hall–Kier alpha value is -1.46. The fraction of sp³-hybridized carbons (Fsp3) is 0.316. The summed E-state index contributed by atoms with van der Waals surface area (Å²) in [7, 11) is 0. The van der Waals surface area contributed by atoms with Gasteiger partial charge in [-0.3, -0.25) is 0 Å². The Bertz CT molecular complexity index is 742. The van der Waals surface area contributed by atoms with Crippen molar-refractivity contribution in [1.29, 1.82) is 0 Å². The van der Waals surface area contributed by atoms with E-state index in [1.54, 1.807) is 11.3 Å². The minimum Gasteiger partial charge on any atom is -0.387 e. The van der Waals surface area contributed by atoms with E-state index in [-0.39, 0.29) is 0 Å². The molecular formula is C19H21ClN2OS. The van der Waals surface area contributed by atoms with Crippen molar-refractivity contribution in [1.82, 2.24) is 10.3 Å². The molecule has 0 saturated heterocycles. The van der Waals surface area contributed by atoms with Crippen LogP contribution in [0, 0.1) is 5.92 Å². The van der Waals surface area contributed by atoms with Crippen molar-refractivity contribution in [2.75, 3.05) is 13.1 Å². The zero-order valence-electron chi connectivity index (χ0n) is 13.4. The van der Waals surface area contributed by atoms with Gasteiger partial charge in [0.1, 0.15) is 0 Å². The smallest absolute Gasteiger partial charge is 0.0914 e. The van der Waals surface area contributed by atoms with Gasteiger partial charge >= 0.3 is 0 Å². The van der Waals surface area contributed by atoms with Crippen LogP contribution in [-0.2, 0) is 0 Å². The van der Waals surface area contributed by atoms with Gasteiger partial charge in [-0.1, -0.05) is 35.9 Å². The van der Waals surface area contributed by atoms with Gasteiger partial charge in [0.15, 0.2) is 0 Å². The number of hydrogen-bond donors (Lipinski definition) is 2. The van der Waals surface area contributed by atoms with Crippen LogP contribution in [-0.4, -0.2) is 23.2 Å². The number of para-hydroxylation sites is 1. The summed E-state index contributed by atoms with van der Waals surface area (Å²) in [5.41, 5.74) is 3.85. The molecule has 24 heavy (non-hydrogen) atoms. The normalized spacial score (nSPS) is 14.9. The second-order valence-electron chi connectivity index (χ2n) is 5.99. The molecule has 0 spiro atoms. The molecule has 0 bridgehead atoms. The van der Waals surface area contributed by atoms with E-state index in [4.69, 9.17) is 11.6 Å². The molecule has 1 aliphatic rings. The average molecular weight is 361 g/mol. The molecule has 3 aromatic rings. The van der Waals surface area contributed by atoms with E-state index in [1.807, 2.05) is 48.0 Å². The van der Waals surface area contributed by atoms with Crippen LogP contribution < -0.4 is 5.32 Å². The Morgan fingerprint density at radius 2 is 2.04 bits per heavy atom. The quantitative estimate of drug-likeness (QED) is 0.695. The fourth-order valence-corrected chi connectivity index (χ4v) is 3.26. The summed E-state index contributed by atoms with van der Waals surface area (Å²) in [5, 5.41) is 13.8. The molecule has 2 aromatic carbocycles. The summed E-state index contributed by atoms with van der Waals surface area (Å²) in [5.74, 6) is 0.844. The minimum absolute atomic E-state index is 0.456. The van der Waals surface area contributed by atoms with E-state index in [0.717, 1.165) is 23.5 Å². The van der Waals surface area contributed by atoms with Gasteiger partial charge in [0.25, 0.3) is 0 Å². The van der Waals surface area contributed by atoms with Gasteiger partial charge in [-0.15, -0.1) is 11.3 Å². The third-order valence-corrected chi connectivity index (χ3v) is 4.98. The molecule has 3 nitrogen and oxygen atoms in total. The summed E-state index contributed by atoms with van der Waals surface area (Å²) in [6.45, 7) is 1.63. The van der Waals surface area contributed by atoms with Crippen LogP contribution in [0.2, 0.25) is 5.02 Å². The van der Waals surface area contributed by atoms with E-state index in [9.17, 15) is 5.11 Å². The zero-order chi connectivity index (χ0) is 16.8.